The van der Waals surface area contributed by atoms with Crippen LogP contribution in [0.1, 0.15) is 31.2 Å². The zero-order valence-electron chi connectivity index (χ0n) is 20.2. The van der Waals surface area contributed by atoms with Gasteiger partial charge in [0, 0.05) is 19.0 Å². The van der Waals surface area contributed by atoms with E-state index < -0.39 is 11.5 Å². The van der Waals surface area contributed by atoms with Gasteiger partial charge in [0.05, 0.1) is 30.6 Å². The number of anilines is 1. The highest BCUT2D eigenvalue weighted by Gasteiger charge is 2.24. The van der Waals surface area contributed by atoms with Crippen molar-refractivity contribution in [3.8, 4) is 5.75 Å². The fourth-order valence-electron chi connectivity index (χ4n) is 4.13. The molecule has 0 unspecified atom stereocenters. The van der Waals surface area contributed by atoms with Crippen LogP contribution in [0.15, 0.2) is 59.7 Å². The van der Waals surface area contributed by atoms with Gasteiger partial charge in [-0.2, -0.15) is 0 Å². The zero-order valence-corrected chi connectivity index (χ0v) is 21.0. The molecule has 0 atom stereocenters. The number of rotatable bonds is 7. The molecule has 1 aliphatic heterocycles. The molecule has 2 aromatic carbocycles. The van der Waals surface area contributed by atoms with Crippen LogP contribution in [0.5, 0.6) is 5.75 Å². The second-order valence-corrected chi connectivity index (χ2v) is 9.63. The summed E-state index contributed by atoms with van der Waals surface area (Å²) in [4.78, 5) is 57.4. The molecule has 5 rings (SSSR count). The fourth-order valence-corrected chi connectivity index (χ4v) is 5.16. The van der Waals surface area contributed by atoms with E-state index in [9.17, 15) is 19.2 Å². The number of fused-ring (bicyclic) bond motifs is 2. The Bertz CT molecular complexity index is 1590. The predicted octanol–water partition coefficient (Wildman–Crippen LogP) is 3.40. The monoisotopic (exact) mass is 517 g/mol. The molecule has 0 radical (unpaired) electrons. The molecule has 37 heavy (non-hydrogen) atoms. The minimum atomic E-state index is -0.506. The van der Waals surface area contributed by atoms with Crippen LogP contribution in [0.25, 0.3) is 10.2 Å². The Morgan fingerprint density at radius 3 is 2.70 bits per heavy atom. The Kier molecular flexibility index (Phi) is 6.58. The van der Waals surface area contributed by atoms with Gasteiger partial charge in [-0.15, -0.1) is 11.3 Å². The second kappa shape index (κ2) is 9.98. The molecule has 188 valence electrons. The van der Waals surface area contributed by atoms with E-state index in [0.29, 0.717) is 44.1 Å². The second-order valence-electron chi connectivity index (χ2n) is 8.63. The fraction of sp³-hybridized carbons (Fsp3) is 0.222. The molecule has 1 amide bonds. The van der Waals surface area contributed by atoms with Gasteiger partial charge in [-0.25, -0.2) is 9.78 Å². The molecule has 0 fully saturated rings. The lowest BCUT2D eigenvalue weighted by Crippen LogP contribution is -2.35. The molecule has 2 aromatic heterocycles. The minimum absolute atomic E-state index is 0.0551. The SMILES string of the molecule is Cc1c(C(=O)OCCc2ccccc2)sc2ncn(CC(=O)c3ccc4c(c3)N(C)C(=O)CO4)c(=O)c12. The van der Waals surface area contributed by atoms with Gasteiger partial charge in [-0.1, -0.05) is 30.3 Å². The van der Waals surface area contributed by atoms with Crippen molar-refractivity contribution in [3.05, 3.63) is 86.8 Å². The van der Waals surface area contributed by atoms with Crippen molar-refractivity contribution >= 4 is 44.9 Å². The smallest absolute Gasteiger partial charge is 0.348 e. The highest BCUT2D eigenvalue weighted by atomic mass is 32.1. The Labute approximate surface area is 215 Å². The quantitative estimate of drug-likeness (QED) is 0.273. The predicted molar refractivity (Wildman–Crippen MR) is 139 cm³/mol. The first kappa shape index (κ1) is 24.4. The Balaban J connectivity index is 1.34. The third-order valence-corrected chi connectivity index (χ3v) is 7.43. The highest BCUT2D eigenvalue weighted by Crippen LogP contribution is 2.32. The van der Waals surface area contributed by atoms with Crippen LogP contribution < -0.4 is 15.2 Å². The van der Waals surface area contributed by atoms with Gasteiger partial charge >= 0.3 is 5.97 Å². The van der Waals surface area contributed by atoms with Crippen LogP contribution in [0, 0.1) is 6.92 Å². The number of Topliss-reactive ketones (excluding diaryl/α,β-unsaturated/α-hetero) is 1. The molecule has 0 aliphatic carbocycles. The largest absolute Gasteiger partial charge is 0.482 e. The van der Waals surface area contributed by atoms with Crippen molar-refractivity contribution in [2.75, 3.05) is 25.2 Å². The van der Waals surface area contributed by atoms with E-state index in [-0.39, 0.29) is 31.4 Å². The van der Waals surface area contributed by atoms with Gasteiger partial charge in [0.25, 0.3) is 11.5 Å². The molecule has 4 aromatic rings. The van der Waals surface area contributed by atoms with E-state index in [1.54, 1.807) is 32.2 Å². The maximum atomic E-state index is 13.2. The lowest BCUT2D eigenvalue weighted by molar-refractivity contribution is -0.121. The van der Waals surface area contributed by atoms with E-state index >= 15 is 0 Å². The number of hydrogen-bond acceptors (Lipinski definition) is 8. The van der Waals surface area contributed by atoms with Gasteiger partial charge in [0.2, 0.25) is 0 Å². The topological polar surface area (TPSA) is 108 Å². The number of amides is 1. The first-order chi connectivity index (χ1) is 17.8. The summed E-state index contributed by atoms with van der Waals surface area (Å²) in [6, 6.07) is 14.5. The third-order valence-electron chi connectivity index (χ3n) is 6.25. The molecule has 0 N–H and O–H groups in total. The third kappa shape index (κ3) is 4.75. The molecule has 9 nitrogen and oxygen atoms in total. The zero-order chi connectivity index (χ0) is 26.1. The van der Waals surface area contributed by atoms with Crippen LogP contribution in [-0.2, 0) is 22.5 Å². The first-order valence-corrected chi connectivity index (χ1v) is 12.4. The minimum Gasteiger partial charge on any atom is -0.482 e. The van der Waals surface area contributed by atoms with Crippen LogP contribution in [0.3, 0.4) is 0 Å². The number of aryl methyl sites for hydroxylation is 1. The Morgan fingerprint density at radius 1 is 1.14 bits per heavy atom. The average Bonchev–Trinajstić information content (AvgIpc) is 3.25. The van der Waals surface area contributed by atoms with E-state index in [4.69, 9.17) is 9.47 Å². The summed E-state index contributed by atoms with van der Waals surface area (Å²) in [5, 5.41) is 0.291. The number of esters is 1. The number of ketones is 1. The lowest BCUT2D eigenvalue weighted by atomic mass is 10.1. The van der Waals surface area contributed by atoms with Crippen molar-refractivity contribution in [2.24, 2.45) is 0 Å². The molecular formula is C27H23N3O6S. The highest BCUT2D eigenvalue weighted by molar-refractivity contribution is 7.20. The van der Waals surface area contributed by atoms with Crippen molar-refractivity contribution in [3.63, 3.8) is 0 Å². The summed E-state index contributed by atoms with van der Waals surface area (Å²) in [7, 11) is 1.61. The molecule has 3 heterocycles. The normalized spacial score (nSPS) is 12.8. The van der Waals surface area contributed by atoms with Crippen LogP contribution in [0.2, 0.25) is 0 Å². The number of thiophene rings is 1. The maximum Gasteiger partial charge on any atom is 0.348 e. The lowest BCUT2D eigenvalue weighted by Gasteiger charge is -2.26. The molecule has 0 saturated carbocycles. The van der Waals surface area contributed by atoms with Gasteiger partial charge in [-0.05, 0) is 36.2 Å². The Hall–Kier alpha value is -4.31. The molecule has 0 spiro atoms. The molecule has 10 heteroatoms. The van der Waals surface area contributed by atoms with Crippen LogP contribution in [0.4, 0.5) is 5.69 Å². The number of carbonyl (C=O) groups is 3. The standard InChI is InChI=1S/C27H23N3O6S/c1-16-23-25(37-24(16)27(34)35-11-10-17-6-4-3-5-7-17)28-15-30(26(23)33)13-20(31)18-8-9-21-19(12-18)29(2)22(32)14-36-21/h3-9,12,15H,10-11,13-14H2,1-2H3. The summed E-state index contributed by atoms with van der Waals surface area (Å²) >= 11 is 1.10. The number of hydrogen-bond donors (Lipinski definition) is 0. The van der Waals surface area contributed by atoms with Crippen molar-refractivity contribution in [2.45, 2.75) is 19.9 Å². The number of carbonyl (C=O) groups excluding carboxylic acids is 3. The van der Waals surface area contributed by atoms with Crippen LogP contribution in [-0.4, -0.2) is 47.5 Å². The van der Waals surface area contributed by atoms with E-state index in [0.717, 1.165) is 16.9 Å². The van der Waals surface area contributed by atoms with Crippen LogP contribution >= 0.6 is 11.3 Å². The van der Waals surface area contributed by atoms with Crippen molar-refractivity contribution < 1.29 is 23.9 Å². The van der Waals surface area contributed by atoms with Gasteiger partial charge in [0.15, 0.2) is 12.4 Å². The van der Waals surface area contributed by atoms with E-state index in [2.05, 4.69) is 4.98 Å². The first-order valence-electron chi connectivity index (χ1n) is 11.6. The summed E-state index contributed by atoms with van der Waals surface area (Å²) in [6.45, 7) is 1.60. The van der Waals surface area contributed by atoms with Crippen molar-refractivity contribution in [1.29, 1.82) is 0 Å². The van der Waals surface area contributed by atoms with E-state index in [1.165, 1.54) is 15.8 Å². The summed E-state index contributed by atoms with van der Waals surface area (Å²) in [5.41, 5.74) is 1.95. The molecule has 0 saturated heterocycles. The molecule has 1 aliphatic rings. The number of aromatic nitrogens is 2. The number of ether oxygens (including phenoxy) is 2. The average molecular weight is 518 g/mol. The summed E-state index contributed by atoms with van der Waals surface area (Å²) in [5.74, 6) is -0.541. The van der Waals surface area contributed by atoms with Gasteiger partial charge < -0.3 is 14.4 Å². The summed E-state index contributed by atoms with van der Waals surface area (Å²) in [6.07, 6.45) is 1.89. The Morgan fingerprint density at radius 2 is 1.92 bits per heavy atom. The number of nitrogens with zero attached hydrogens (tertiary/aromatic N) is 3. The summed E-state index contributed by atoms with van der Waals surface area (Å²) < 4.78 is 12.1. The maximum absolute atomic E-state index is 13.2. The number of likely N-dealkylation sites (N-methyl/N-ethyl adjacent to an activating group) is 1. The molecule has 0 bridgehead atoms. The van der Waals surface area contributed by atoms with E-state index in [1.807, 2.05) is 30.3 Å². The molecular weight excluding hydrogens is 494 g/mol. The van der Waals surface area contributed by atoms with Crippen molar-refractivity contribution in [1.82, 2.24) is 9.55 Å². The van der Waals surface area contributed by atoms with Gasteiger partial charge in [0.1, 0.15) is 15.5 Å². The van der Waals surface area contributed by atoms with Gasteiger partial charge in [-0.3, -0.25) is 19.0 Å². The number of benzene rings is 2.